The number of nitrogens with one attached hydrogen (secondary N) is 1. The molecule has 1 heterocycles. The maximum atomic E-state index is 13.2. The van der Waals surface area contributed by atoms with Crippen molar-refractivity contribution in [3.05, 3.63) is 76.1 Å². The zero-order valence-corrected chi connectivity index (χ0v) is 13.7. The topological polar surface area (TPSA) is 83.0 Å². The van der Waals surface area contributed by atoms with Crippen LogP contribution in [0.5, 0.6) is 0 Å². The van der Waals surface area contributed by atoms with E-state index in [2.05, 4.69) is 9.97 Å². The number of benzene rings is 2. The molecule has 1 aromatic heterocycles. The Balaban J connectivity index is 1.79. The Morgan fingerprint density at radius 1 is 1.17 bits per heavy atom. The lowest BCUT2D eigenvalue weighted by molar-refractivity contribution is 0.475. The van der Waals surface area contributed by atoms with Crippen LogP contribution in [0.4, 0.5) is 4.39 Å². The number of nitrogens with zero attached hydrogens (tertiary/aromatic N) is 1. The zero-order valence-electron chi connectivity index (χ0n) is 12.8. The molecule has 7 heteroatoms. The lowest BCUT2D eigenvalue weighted by Crippen LogP contribution is -2.13. The molecule has 0 radical (unpaired) electrons. The molecule has 124 valence electrons. The first-order valence-electron chi connectivity index (χ1n) is 7.46. The van der Waals surface area contributed by atoms with E-state index in [0.717, 1.165) is 11.6 Å². The Labute approximate surface area is 137 Å². The van der Waals surface area contributed by atoms with E-state index in [-0.39, 0.29) is 23.5 Å². The first-order valence-corrected chi connectivity index (χ1v) is 9.49. The fourth-order valence-electron chi connectivity index (χ4n) is 2.50. The van der Waals surface area contributed by atoms with Gasteiger partial charge in [0.05, 0.1) is 17.1 Å². The second kappa shape index (κ2) is 6.67. The molecule has 1 unspecified atom stereocenters. The van der Waals surface area contributed by atoms with Gasteiger partial charge in [0.1, 0.15) is 11.6 Å². The van der Waals surface area contributed by atoms with Gasteiger partial charge in [-0.3, -0.25) is 9.36 Å². The molecule has 5 nitrogen and oxygen atoms in total. The number of fused-ring (bicyclic) bond motifs is 1. The van der Waals surface area contributed by atoms with Gasteiger partial charge in [0.2, 0.25) is 7.37 Å². The van der Waals surface area contributed by atoms with Gasteiger partial charge in [-0.2, -0.15) is 0 Å². The van der Waals surface area contributed by atoms with Crippen LogP contribution >= 0.6 is 7.37 Å². The average molecular weight is 346 g/mol. The summed E-state index contributed by atoms with van der Waals surface area (Å²) in [7, 11) is -3.49. The first-order chi connectivity index (χ1) is 11.4. The van der Waals surface area contributed by atoms with Crippen LogP contribution in [0.25, 0.3) is 10.9 Å². The van der Waals surface area contributed by atoms with E-state index >= 15 is 0 Å². The number of hydrogen-bond acceptors (Lipinski definition) is 3. The quantitative estimate of drug-likeness (QED) is 0.696. The van der Waals surface area contributed by atoms with Crippen LogP contribution in [-0.2, 0) is 17.1 Å². The normalized spacial score (nSPS) is 13.8. The minimum Gasteiger partial charge on any atom is -0.344 e. The highest BCUT2D eigenvalue weighted by Crippen LogP contribution is 2.44. The summed E-state index contributed by atoms with van der Waals surface area (Å²) in [5.74, 6) is -0.392. The Bertz CT molecular complexity index is 972. The number of aromatic amines is 1. The molecule has 0 aliphatic heterocycles. The lowest BCUT2D eigenvalue weighted by Gasteiger charge is -2.11. The van der Waals surface area contributed by atoms with E-state index in [0.29, 0.717) is 11.9 Å². The highest BCUT2D eigenvalue weighted by Gasteiger charge is 2.21. The molecule has 0 spiro atoms. The molecule has 0 fully saturated rings. The molecule has 1 atom stereocenters. The smallest absolute Gasteiger partial charge is 0.258 e. The van der Waals surface area contributed by atoms with Crippen LogP contribution in [0, 0.1) is 5.82 Å². The van der Waals surface area contributed by atoms with Crippen molar-refractivity contribution in [3.8, 4) is 0 Å². The predicted molar refractivity (Wildman–Crippen MR) is 90.9 cm³/mol. The van der Waals surface area contributed by atoms with Gasteiger partial charge in [-0.25, -0.2) is 9.37 Å². The third kappa shape index (κ3) is 3.96. The van der Waals surface area contributed by atoms with Crippen molar-refractivity contribution in [2.75, 3.05) is 6.16 Å². The Kier molecular flexibility index (Phi) is 4.60. The highest BCUT2D eigenvalue weighted by molar-refractivity contribution is 7.57. The lowest BCUT2D eigenvalue weighted by atomic mass is 10.2. The number of aromatic nitrogens is 2. The van der Waals surface area contributed by atoms with Crippen LogP contribution in [-0.4, -0.2) is 21.0 Å². The molecule has 0 amide bonds. The van der Waals surface area contributed by atoms with E-state index in [9.17, 15) is 18.6 Å². The van der Waals surface area contributed by atoms with Crippen LogP contribution in [0.3, 0.4) is 0 Å². The minimum absolute atomic E-state index is 0.0994. The Hall–Kier alpha value is -2.30. The predicted octanol–water partition coefficient (Wildman–Crippen LogP) is 3.08. The van der Waals surface area contributed by atoms with Crippen LogP contribution in [0.15, 0.2) is 53.3 Å². The number of H-pyrrole nitrogens is 1. The average Bonchev–Trinajstić information content (AvgIpc) is 2.54. The molecule has 2 N–H and O–H groups in total. The van der Waals surface area contributed by atoms with Crippen molar-refractivity contribution in [3.63, 3.8) is 0 Å². The van der Waals surface area contributed by atoms with E-state index in [1.165, 1.54) is 12.1 Å². The molecule has 0 bridgehead atoms. The van der Waals surface area contributed by atoms with E-state index in [1.807, 2.05) is 30.3 Å². The van der Waals surface area contributed by atoms with Gasteiger partial charge in [0, 0.05) is 6.16 Å². The molecule has 0 saturated carbocycles. The van der Waals surface area contributed by atoms with Gasteiger partial charge < -0.3 is 9.88 Å². The maximum Gasteiger partial charge on any atom is 0.258 e. The van der Waals surface area contributed by atoms with Crippen LogP contribution < -0.4 is 5.56 Å². The first kappa shape index (κ1) is 16.6. The van der Waals surface area contributed by atoms with Crippen LogP contribution in [0.2, 0.25) is 0 Å². The van der Waals surface area contributed by atoms with Crippen molar-refractivity contribution in [2.45, 2.75) is 12.6 Å². The molecular formula is C17H16FN2O3P. The minimum atomic E-state index is -3.49. The standard InChI is InChI=1S/C17H16FN2O3P/c18-13-6-7-15-14(10-13)17(21)20-16(19-15)11-24(22,23)9-8-12-4-2-1-3-5-12/h1-7,10H,8-9,11H2,(H,22,23)(H,19,20,21). The molecular weight excluding hydrogens is 330 g/mol. The number of halogens is 1. The molecule has 2 aromatic carbocycles. The van der Waals surface area contributed by atoms with Crippen molar-refractivity contribution in [1.29, 1.82) is 0 Å². The monoisotopic (exact) mass is 346 g/mol. The Morgan fingerprint density at radius 3 is 2.67 bits per heavy atom. The van der Waals surface area contributed by atoms with E-state index in [1.54, 1.807) is 0 Å². The Morgan fingerprint density at radius 2 is 1.92 bits per heavy atom. The van der Waals surface area contributed by atoms with E-state index < -0.39 is 18.7 Å². The summed E-state index contributed by atoms with van der Waals surface area (Å²) in [5.41, 5.74) is 0.762. The second-order valence-electron chi connectivity index (χ2n) is 5.64. The number of hydrogen-bond donors (Lipinski definition) is 2. The molecule has 3 aromatic rings. The van der Waals surface area contributed by atoms with Gasteiger partial charge in [0.25, 0.3) is 5.56 Å². The van der Waals surface area contributed by atoms with Gasteiger partial charge in [0.15, 0.2) is 0 Å². The highest BCUT2D eigenvalue weighted by atomic mass is 31.2. The summed E-state index contributed by atoms with van der Waals surface area (Å²) in [6.07, 6.45) is 0.349. The van der Waals surface area contributed by atoms with Crippen molar-refractivity contribution in [2.24, 2.45) is 0 Å². The second-order valence-corrected chi connectivity index (χ2v) is 8.09. The maximum absolute atomic E-state index is 13.2. The van der Waals surface area contributed by atoms with Crippen LogP contribution in [0.1, 0.15) is 11.4 Å². The van der Waals surface area contributed by atoms with Crippen molar-refractivity contribution >= 4 is 18.3 Å². The molecule has 24 heavy (non-hydrogen) atoms. The van der Waals surface area contributed by atoms with E-state index in [4.69, 9.17) is 0 Å². The van der Waals surface area contributed by atoms with Crippen molar-refractivity contribution in [1.82, 2.24) is 9.97 Å². The SMILES string of the molecule is O=c1[nH]c(CP(=O)(O)CCc2ccccc2)nc2ccc(F)cc12. The molecule has 0 aliphatic rings. The largest absolute Gasteiger partial charge is 0.344 e. The summed E-state index contributed by atoms with van der Waals surface area (Å²) in [5, 5.41) is 0.121. The third-order valence-electron chi connectivity index (χ3n) is 3.71. The number of aryl methyl sites for hydroxylation is 1. The van der Waals surface area contributed by atoms with Crippen molar-refractivity contribution < 1.29 is 13.8 Å². The third-order valence-corrected chi connectivity index (χ3v) is 5.42. The summed E-state index contributed by atoms with van der Waals surface area (Å²) in [6.45, 7) is 0. The van der Waals surface area contributed by atoms with Gasteiger partial charge in [-0.1, -0.05) is 30.3 Å². The molecule has 0 aliphatic carbocycles. The number of rotatable bonds is 5. The van der Waals surface area contributed by atoms with Gasteiger partial charge >= 0.3 is 0 Å². The zero-order chi connectivity index (χ0) is 17.2. The molecule has 0 saturated heterocycles. The summed E-state index contributed by atoms with van der Waals surface area (Å²) < 4.78 is 25.6. The van der Waals surface area contributed by atoms with Gasteiger partial charge in [-0.05, 0) is 30.2 Å². The molecule has 3 rings (SSSR count). The summed E-state index contributed by atoms with van der Waals surface area (Å²) in [4.78, 5) is 28.8. The van der Waals surface area contributed by atoms with Gasteiger partial charge in [-0.15, -0.1) is 0 Å². The fraction of sp³-hybridized carbons (Fsp3) is 0.176. The summed E-state index contributed by atoms with van der Waals surface area (Å²) in [6, 6.07) is 13.1. The summed E-state index contributed by atoms with van der Waals surface area (Å²) >= 11 is 0. The fourth-order valence-corrected chi connectivity index (χ4v) is 3.88.